The van der Waals surface area contributed by atoms with E-state index in [1.165, 1.54) is 0 Å². The van der Waals surface area contributed by atoms with Crippen LogP contribution in [0.5, 0.6) is 0 Å². The number of halogens is 3. The first-order valence-corrected chi connectivity index (χ1v) is 7.78. The molecule has 0 saturated heterocycles. The molecular weight excluding hydrogens is 337 g/mol. The van der Waals surface area contributed by atoms with E-state index in [1.807, 2.05) is 0 Å². The molecule has 0 aliphatic heterocycles. The maximum Gasteiger partial charge on any atom is 0.255 e. The number of alkyl halides is 1. The minimum atomic E-state index is -0.0598. The number of unbranched alkanes of at least 4 members (excludes halogenated alkanes) is 1. The predicted molar refractivity (Wildman–Crippen MR) is 81.1 cm³/mol. The van der Waals surface area contributed by atoms with Crippen molar-refractivity contribution >= 4 is 45.0 Å². The van der Waals surface area contributed by atoms with Gasteiger partial charge in [0, 0.05) is 23.4 Å². The van der Waals surface area contributed by atoms with E-state index >= 15 is 0 Å². The fraction of sp³-hybridized carbons (Fsp3) is 0.462. The summed E-state index contributed by atoms with van der Waals surface area (Å²) in [5, 5.41) is 1.72. The van der Waals surface area contributed by atoms with Gasteiger partial charge in [-0.1, -0.05) is 52.5 Å². The van der Waals surface area contributed by atoms with Gasteiger partial charge in [0.2, 0.25) is 0 Å². The molecule has 1 aromatic carbocycles. The van der Waals surface area contributed by atoms with Crippen molar-refractivity contribution in [2.24, 2.45) is 0 Å². The van der Waals surface area contributed by atoms with Crippen molar-refractivity contribution in [3.63, 3.8) is 0 Å². The highest BCUT2D eigenvalue weighted by molar-refractivity contribution is 9.09. The second kappa shape index (κ2) is 8.03. The van der Waals surface area contributed by atoms with Gasteiger partial charge in [-0.3, -0.25) is 4.79 Å². The Balaban J connectivity index is 2.90. The second-order valence-electron chi connectivity index (χ2n) is 3.96. The Labute approximate surface area is 126 Å². The molecule has 5 heteroatoms. The van der Waals surface area contributed by atoms with Crippen LogP contribution in [0.2, 0.25) is 10.0 Å². The first-order valence-electron chi connectivity index (χ1n) is 5.90. The third kappa shape index (κ3) is 4.45. The van der Waals surface area contributed by atoms with Gasteiger partial charge >= 0.3 is 0 Å². The summed E-state index contributed by atoms with van der Waals surface area (Å²) >= 11 is 15.3. The van der Waals surface area contributed by atoms with Crippen molar-refractivity contribution < 1.29 is 4.79 Å². The molecule has 0 spiro atoms. The summed E-state index contributed by atoms with van der Waals surface area (Å²) in [6.45, 7) is 3.51. The second-order valence-corrected chi connectivity index (χ2v) is 5.60. The van der Waals surface area contributed by atoms with Gasteiger partial charge in [0.15, 0.2) is 0 Å². The number of hydrogen-bond donors (Lipinski definition) is 0. The summed E-state index contributed by atoms with van der Waals surface area (Å²) in [6, 6.07) is 4.96. The van der Waals surface area contributed by atoms with Crippen molar-refractivity contribution in [3.8, 4) is 0 Å². The molecule has 18 heavy (non-hydrogen) atoms. The third-order valence-corrected chi connectivity index (χ3v) is 3.50. The largest absolute Gasteiger partial charge is 0.338 e. The number of nitrogens with zero attached hydrogens (tertiary/aromatic N) is 1. The number of benzene rings is 1. The Kier molecular flexibility index (Phi) is 7.05. The third-order valence-electron chi connectivity index (χ3n) is 2.58. The molecule has 0 bridgehead atoms. The zero-order valence-corrected chi connectivity index (χ0v) is 13.4. The van der Waals surface area contributed by atoms with Gasteiger partial charge in [0.1, 0.15) is 0 Å². The van der Waals surface area contributed by atoms with E-state index in [9.17, 15) is 4.79 Å². The number of carbonyl (C=O) groups excluding carboxylic acids is 1. The molecule has 0 aromatic heterocycles. The summed E-state index contributed by atoms with van der Waals surface area (Å²) < 4.78 is 0. The highest BCUT2D eigenvalue weighted by atomic mass is 79.9. The molecule has 0 aliphatic rings. The standard InChI is InChI=1S/C13H16BrCl2NO/c1-2-3-7-17(8-6-14)13(18)11-9-10(15)4-5-12(11)16/h4-5,9H,2-3,6-8H2,1H3. The molecule has 100 valence electrons. The number of hydrogen-bond acceptors (Lipinski definition) is 1. The van der Waals surface area contributed by atoms with Gasteiger partial charge in [-0.25, -0.2) is 0 Å². The fourth-order valence-corrected chi connectivity index (χ4v) is 2.40. The van der Waals surface area contributed by atoms with Crippen LogP contribution < -0.4 is 0 Å². The topological polar surface area (TPSA) is 20.3 Å². The first-order chi connectivity index (χ1) is 8.60. The maximum atomic E-state index is 12.4. The number of amides is 1. The Bertz CT molecular complexity index is 412. The molecule has 1 amide bonds. The van der Waals surface area contributed by atoms with E-state index in [4.69, 9.17) is 23.2 Å². The van der Waals surface area contributed by atoms with Crippen molar-refractivity contribution in [2.75, 3.05) is 18.4 Å². The Morgan fingerprint density at radius 3 is 2.67 bits per heavy atom. The maximum absolute atomic E-state index is 12.4. The average molecular weight is 353 g/mol. The molecule has 0 saturated carbocycles. The lowest BCUT2D eigenvalue weighted by molar-refractivity contribution is 0.0764. The van der Waals surface area contributed by atoms with Crippen molar-refractivity contribution in [2.45, 2.75) is 19.8 Å². The van der Waals surface area contributed by atoms with E-state index in [2.05, 4.69) is 22.9 Å². The molecule has 0 atom stereocenters. The van der Waals surface area contributed by atoms with Crippen LogP contribution in [0.3, 0.4) is 0 Å². The summed E-state index contributed by atoms with van der Waals surface area (Å²) in [6.07, 6.45) is 2.03. The highest BCUT2D eigenvalue weighted by Gasteiger charge is 2.17. The Morgan fingerprint density at radius 1 is 1.33 bits per heavy atom. The molecule has 0 N–H and O–H groups in total. The average Bonchev–Trinajstić information content (AvgIpc) is 2.36. The lowest BCUT2D eigenvalue weighted by atomic mass is 10.2. The molecule has 1 aromatic rings. The van der Waals surface area contributed by atoms with Crippen LogP contribution in [0.15, 0.2) is 18.2 Å². The molecule has 1 rings (SSSR count). The van der Waals surface area contributed by atoms with Crippen LogP contribution in [0.1, 0.15) is 30.1 Å². The minimum Gasteiger partial charge on any atom is -0.338 e. The Hall–Kier alpha value is -0.250. The molecule has 0 heterocycles. The fourth-order valence-electron chi connectivity index (χ4n) is 1.60. The van der Waals surface area contributed by atoms with Crippen LogP contribution >= 0.6 is 39.1 Å². The summed E-state index contributed by atoms with van der Waals surface area (Å²) in [4.78, 5) is 14.2. The van der Waals surface area contributed by atoms with Crippen LogP contribution in [0, 0.1) is 0 Å². The summed E-state index contributed by atoms with van der Waals surface area (Å²) in [5.41, 5.74) is 0.473. The smallest absolute Gasteiger partial charge is 0.255 e. The molecule has 0 unspecified atom stereocenters. The van der Waals surface area contributed by atoms with Crippen LogP contribution in [-0.4, -0.2) is 29.2 Å². The van der Waals surface area contributed by atoms with Crippen molar-refractivity contribution in [1.29, 1.82) is 0 Å². The van der Waals surface area contributed by atoms with Crippen LogP contribution in [0.25, 0.3) is 0 Å². The predicted octanol–water partition coefficient (Wildman–Crippen LogP) is 4.63. The molecular formula is C13H16BrCl2NO. The Morgan fingerprint density at radius 2 is 2.06 bits per heavy atom. The lowest BCUT2D eigenvalue weighted by Crippen LogP contribution is -2.33. The zero-order chi connectivity index (χ0) is 13.5. The van der Waals surface area contributed by atoms with Gasteiger partial charge in [0.25, 0.3) is 5.91 Å². The molecule has 0 fully saturated rings. The first kappa shape index (κ1) is 15.8. The number of rotatable bonds is 6. The van der Waals surface area contributed by atoms with E-state index in [1.54, 1.807) is 23.1 Å². The number of carbonyl (C=O) groups is 1. The van der Waals surface area contributed by atoms with Gasteiger partial charge in [0.05, 0.1) is 10.6 Å². The SMILES string of the molecule is CCCCN(CCBr)C(=O)c1cc(Cl)ccc1Cl. The van der Waals surface area contributed by atoms with Gasteiger partial charge in [-0.15, -0.1) is 0 Å². The normalized spacial score (nSPS) is 10.4. The van der Waals surface area contributed by atoms with Crippen molar-refractivity contribution in [1.82, 2.24) is 4.90 Å². The van der Waals surface area contributed by atoms with Crippen LogP contribution in [0.4, 0.5) is 0 Å². The molecule has 2 nitrogen and oxygen atoms in total. The monoisotopic (exact) mass is 351 g/mol. The molecule has 0 radical (unpaired) electrons. The quantitative estimate of drug-likeness (QED) is 0.683. The summed E-state index contributed by atoms with van der Waals surface area (Å²) in [5.74, 6) is -0.0598. The van der Waals surface area contributed by atoms with Gasteiger partial charge < -0.3 is 4.90 Å². The van der Waals surface area contributed by atoms with E-state index in [0.29, 0.717) is 22.2 Å². The van der Waals surface area contributed by atoms with Gasteiger partial charge in [-0.05, 0) is 24.6 Å². The van der Waals surface area contributed by atoms with E-state index < -0.39 is 0 Å². The van der Waals surface area contributed by atoms with Gasteiger partial charge in [-0.2, -0.15) is 0 Å². The van der Waals surface area contributed by atoms with E-state index in [-0.39, 0.29) is 5.91 Å². The van der Waals surface area contributed by atoms with Crippen molar-refractivity contribution in [3.05, 3.63) is 33.8 Å². The lowest BCUT2D eigenvalue weighted by Gasteiger charge is -2.22. The minimum absolute atomic E-state index is 0.0598. The highest BCUT2D eigenvalue weighted by Crippen LogP contribution is 2.22. The molecule has 0 aliphatic carbocycles. The van der Waals surface area contributed by atoms with E-state index in [0.717, 1.165) is 24.7 Å². The zero-order valence-electron chi connectivity index (χ0n) is 10.3. The summed E-state index contributed by atoms with van der Waals surface area (Å²) in [7, 11) is 0. The van der Waals surface area contributed by atoms with Crippen LogP contribution in [-0.2, 0) is 0 Å².